The molecule has 156 valence electrons. The number of piperidine rings is 1. The maximum atomic E-state index is 14.4. The van der Waals surface area contributed by atoms with Crippen molar-refractivity contribution >= 4 is 11.6 Å². The highest BCUT2D eigenvalue weighted by Gasteiger charge is 2.47. The van der Waals surface area contributed by atoms with Gasteiger partial charge in [-0.3, -0.25) is 9.69 Å². The summed E-state index contributed by atoms with van der Waals surface area (Å²) >= 11 is 0. The number of carbonyl (C=O) groups is 1. The molecule has 2 fully saturated rings. The average Bonchev–Trinajstić information content (AvgIpc) is 2.71. The normalized spacial score (nSPS) is 24.9. The molecular weight excluding hydrogens is 348 g/mol. The Bertz CT molecular complexity index is 661. The topological polar surface area (TPSA) is 47.6 Å². The number of amides is 1. The Balaban J connectivity index is 2.11. The van der Waals surface area contributed by atoms with Gasteiger partial charge in [-0.1, -0.05) is 31.0 Å². The van der Waals surface area contributed by atoms with E-state index in [1.807, 2.05) is 7.05 Å². The molecule has 5 nitrogen and oxygen atoms in total. The van der Waals surface area contributed by atoms with Crippen LogP contribution in [0.2, 0.25) is 0 Å². The maximum Gasteiger partial charge on any atom is 0.247 e. The van der Waals surface area contributed by atoms with Crippen LogP contribution < -0.4 is 15.5 Å². The molecule has 1 aliphatic heterocycles. The minimum Gasteiger partial charge on any atom is -0.317 e. The number of hydrogen-bond acceptors (Lipinski definition) is 4. The number of benzene rings is 1. The Morgan fingerprint density at radius 2 is 1.71 bits per heavy atom. The zero-order chi connectivity index (χ0) is 20.3. The molecule has 0 unspecified atom stereocenters. The third kappa shape index (κ3) is 3.85. The Kier molecular flexibility index (Phi) is 6.79. The molecule has 1 aliphatic carbocycles. The van der Waals surface area contributed by atoms with Crippen LogP contribution in [-0.2, 0) is 4.79 Å². The summed E-state index contributed by atoms with van der Waals surface area (Å²) < 4.78 is 0. The minimum atomic E-state index is -0.435. The van der Waals surface area contributed by atoms with Crippen LogP contribution in [0.1, 0.15) is 49.7 Å². The van der Waals surface area contributed by atoms with Gasteiger partial charge < -0.3 is 15.5 Å². The molecule has 1 saturated carbocycles. The first-order valence-corrected chi connectivity index (χ1v) is 10.9. The highest BCUT2D eigenvalue weighted by molar-refractivity contribution is 6.02. The first-order valence-electron chi connectivity index (χ1n) is 10.9. The zero-order valence-electron chi connectivity index (χ0n) is 18.3. The molecule has 0 radical (unpaired) electrons. The lowest BCUT2D eigenvalue weighted by Gasteiger charge is -2.49. The Morgan fingerprint density at radius 3 is 2.29 bits per heavy atom. The number of likely N-dealkylation sites (N-methyl/N-ethyl adjacent to an activating group) is 2. The van der Waals surface area contributed by atoms with Gasteiger partial charge in [0, 0.05) is 11.7 Å². The van der Waals surface area contributed by atoms with Crippen LogP contribution in [-0.4, -0.2) is 62.7 Å². The van der Waals surface area contributed by atoms with Crippen LogP contribution in [0.25, 0.3) is 0 Å². The number of hydrogen-bond donors (Lipinski definition) is 2. The van der Waals surface area contributed by atoms with Gasteiger partial charge in [-0.2, -0.15) is 0 Å². The molecule has 1 aromatic rings. The summed E-state index contributed by atoms with van der Waals surface area (Å²) in [5.41, 5.74) is 3.07. The van der Waals surface area contributed by atoms with Crippen molar-refractivity contribution in [2.75, 3.05) is 39.1 Å². The lowest BCUT2D eigenvalue weighted by Crippen LogP contribution is -2.65. The number of rotatable bonds is 5. The van der Waals surface area contributed by atoms with Crippen LogP contribution in [0.5, 0.6) is 0 Å². The van der Waals surface area contributed by atoms with Crippen LogP contribution in [0, 0.1) is 13.8 Å². The summed E-state index contributed by atoms with van der Waals surface area (Å²) in [6, 6.07) is 6.93. The second-order valence-corrected chi connectivity index (χ2v) is 8.84. The highest BCUT2D eigenvalue weighted by Crippen LogP contribution is 2.37. The number of nitrogens with zero attached hydrogens (tertiary/aromatic N) is 2. The maximum absolute atomic E-state index is 14.4. The molecule has 1 amide bonds. The van der Waals surface area contributed by atoms with Gasteiger partial charge in [-0.15, -0.1) is 0 Å². The van der Waals surface area contributed by atoms with Crippen molar-refractivity contribution in [3.8, 4) is 0 Å². The lowest BCUT2D eigenvalue weighted by atomic mass is 9.82. The number of carbonyl (C=O) groups excluding carboxylic acids is 1. The standard InChI is InChI=1S/C23H38N4O/c1-17-9-8-10-18(2)21(17)27(20-12-7-6-11-19(20)24-3)22(28)23(26(4)5)13-15-25-16-14-23/h8-10,19-20,24-25H,6-7,11-16H2,1-5H3/t19-,20-/m1/s1. The van der Waals surface area contributed by atoms with Gasteiger partial charge in [0.15, 0.2) is 0 Å². The van der Waals surface area contributed by atoms with E-state index in [4.69, 9.17) is 0 Å². The molecule has 28 heavy (non-hydrogen) atoms. The minimum absolute atomic E-state index is 0.206. The van der Waals surface area contributed by atoms with Crippen molar-refractivity contribution < 1.29 is 4.79 Å². The Morgan fingerprint density at radius 1 is 1.11 bits per heavy atom. The van der Waals surface area contributed by atoms with Crippen molar-refractivity contribution in [2.45, 2.75) is 70.0 Å². The average molecular weight is 387 g/mol. The number of nitrogens with one attached hydrogen (secondary N) is 2. The lowest BCUT2D eigenvalue weighted by molar-refractivity contribution is -0.131. The third-order valence-corrected chi connectivity index (χ3v) is 7.02. The highest BCUT2D eigenvalue weighted by atomic mass is 16.2. The number of anilines is 1. The molecule has 3 rings (SSSR count). The summed E-state index contributed by atoms with van der Waals surface area (Å²) in [4.78, 5) is 18.7. The molecule has 0 aromatic heterocycles. The van der Waals surface area contributed by atoms with Gasteiger partial charge in [0.2, 0.25) is 5.91 Å². The molecule has 2 aliphatic rings. The van der Waals surface area contributed by atoms with E-state index in [0.717, 1.165) is 44.5 Å². The van der Waals surface area contributed by atoms with Crippen molar-refractivity contribution in [2.24, 2.45) is 0 Å². The third-order valence-electron chi connectivity index (χ3n) is 7.02. The molecule has 1 aromatic carbocycles. The van der Waals surface area contributed by atoms with E-state index in [1.54, 1.807) is 0 Å². The smallest absolute Gasteiger partial charge is 0.247 e. The zero-order valence-corrected chi connectivity index (χ0v) is 18.3. The van der Waals surface area contributed by atoms with E-state index < -0.39 is 5.54 Å². The number of aryl methyl sites for hydroxylation is 2. The molecule has 0 spiro atoms. The second kappa shape index (κ2) is 8.93. The van der Waals surface area contributed by atoms with Gasteiger partial charge in [0.25, 0.3) is 0 Å². The monoisotopic (exact) mass is 386 g/mol. The molecule has 1 saturated heterocycles. The molecule has 5 heteroatoms. The second-order valence-electron chi connectivity index (χ2n) is 8.84. The summed E-state index contributed by atoms with van der Waals surface area (Å²) in [5.74, 6) is 0.281. The van der Waals surface area contributed by atoms with E-state index in [0.29, 0.717) is 6.04 Å². The first kappa shape index (κ1) is 21.3. The van der Waals surface area contributed by atoms with Gasteiger partial charge in [-0.05, 0) is 84.9 Å². The van der Waals surface area contributed by atoms with Gasteiger partial charge in [0.05, 0.1) is 6.04 Å². The Labute approximate surface area is 170 Å². The fourth-order valence-electron chi connectivity index (χ4n) is 5.28. The van der Waals surface area contributed by atoms with Crippen molar-refractivity contribution in [1.29, 1.82) is 0 Å². The van der Waals surface area contributed by atoms with E-state index in [1.165, 1.54) is 24.0 Å². The number of para-hydroxylation sites is 1. The van der Waals surface area contributed by atoms with E-state index >= 15 is 0 Å². The summed E-state index contributed by atoms with van der Waals surface area (Å²) in [5, 5.41) is 6.96. The SMILES string of the molecule is CN[C@@H]1CCCC[C@H]1N(C(=O)C1(N(C)C)CCNCC1)c1c(C)cccc1C. The van der Waals surface area contributed by atoms with Crippen molar-refractivity contribution in [3.63, 3.8) is 0 Å². The summed E-state index contributed by atoms with van der Waals surface area (Å²) in [6.45, 7) is 6.07. The van der Waals surface area contributed by atoms with Crippen LogP contribution >= 0.6 is 0 Å². The van der Waals surface area contributed by atoms with Gasteiger partial charge in [-0.25, -0.2) is 0 Å². The largest absolute Gasteiger partial charge is 0.317 e. The molecule has 2 N–H and O–H groups in total. The van der Waals surface area contributed by atoms with E-state index in [2.05, 4.69) is 66.6 Å². The van der Waals surface area contributed by atoms with Gasteiger partial charge >= 0.3 is 0 Å². The predicted molar refractivity (Wildman–Crippen MR) is 117 cm³/mol. The fourth-order valence-corrected chi connectivity index (χ4v) is 5.28. The predicted octanol–water partition coefficient (Wildman–Crippen LogP) is 2.85. The molecule has 0 bridgehead atoms. The van der Waals surface area contributed by atoms with E-state index in [9.17, 15) is 4.79 Å². The van der Waals surface area contributed by atoms with Crippen molar-refractivity contribution in [1.82, 2.24) is 15.5 Å². The Hall–Kier alpha value is -1.43. The van der Waals surface area contributed by atoms with Crippen molar-refractivity contribution in [3.05, 3.63) is 29.3 Å². The summed E-state index contributed by atoms with van der Waals surface area (Å²) in [6.07, 6.45) is 6.33. The molecular formula is C23H38N4O. The molecule has 1 heterocycles. The van der Waals surface area contributed by atoms with E-state index in [-0.39, 0.29) is 11.9 Å². The van der Waals surface area contributed by atoms with Gasteiger partial charge in [0.1, 0.15) is 5.54 Å². The van der Waals surface area contributed by atoms with Crippen LogP contribution in [0.3, 0.4) is 0 Å². The first-order chi connectivity index (χ1) is 13.4. The fraction of sp³-hybridized carbons (Fsp3) is 0.696. The van der Waals surface area contributed by atoms with Crippen LogP contribution in [0.4, 0.5) is 5.69 Å². The quantitative estimate of drug-likeness (QED) is 0.817. The van der Waals surface area contributed by atoms with Crippen LogP contribution in [0.15, 0.2) is 18.2 Å². The molecule has 2 atom stereocenters. The summed E-state index contributed by atoms with van der Waals surface area (Å²) in [7, 11) is 6.19.